The van der Waals surface area contributed by atoms with Gasteiger partial charge in [-0.2, -0.15) is 0 Å². The molecule has 0 aliphatic carbocycles. The van der Waals surface area contributed by atoms with Gasteiger partial charge in [-0.1, -0.05) is 18.2 Å². The fraction of sp³-hybridized carbons (Fsp3) is 0.588. The molecule has 3 rings (SSSR count). The molecule has 2 aliphatic rings. The lowest BCUT2D eigenvalue weighted by Gasteiger charge is -2.32. The summed E-state index contributed by atoms with van der Waals surface area (Å²) in [6.07, 6.45) is 3.21. The molecule has 4 heteroatoms. The number of likely N-dealkylation sites (N-methyl/N-ethyl adjacent to an activating group) is 1. The van der Waals surface area contributed by atoms with E-state index in [0.717, 1.165) is 31.7 Å². The van der Waals surface area contributed by atoms with Gasteiger partial charge in [0, 0.05) is 25.7 Å². The zero-order chi connectivity index (χ0) is 14.8. The smallest absolute Gasteiger partial charge is 0.245 e. The van der Waals surface area contributed by atoms with Crippen molar-refractivity contribution in [2.24, 2.45) is 5.92 Å². The minimum absolute atomic E-state index is 0.0846. The highest BCUT2D eigenvalue weighted by molar-refractivity contribution is 5.87. The Bertz CT molecular complexity index is 484. The predicted molar refractivity (Wildman–Crippen MR) is 85.4 cm³/mol. The molecule has 0 spiro atoms. The molecule has 1 aromatic rings. The van der Waals surface area contributed by atoms with Gasteiger partial charge in [0.05, 0.1) is 0 Å². The number of benzene rings is 1. The summed E-state index contributed by atoms with van der Waals surface area (Å²) < 4.78 is 0. The van der Waals surface area contributed by atoms with E-state index in [1.54, 1.807) is 0 Å². The number of likely N-dealkylation sites (tertiary alicyclic amines) is 1. The maximum atomic E-state index is 12.6. The Balaban J connectivity index is 1.54. The van der Waals surface area contributed by atoms with Crippen molar-refractivity contribution < 1.29 is 4.79 Å². The Hall–Kier alpha value is -1.55. The molecular weight excluding hydrogens is 262 g/mol. The zero-order valence-corrected chi connectivity index (χ0v) is 13.0. The Morgan fingerprint density at radius 1 is 1.33 bits per heavy atom. The van der Waals surface area contributed by atoms with Crippen molar-refractivity contribution in [2.45, 2.75) is 25.3 Å². The van der Waals surface area contributed by atoms with Crippen molar-refractivity contribution in [3.63, 3.8) is 0 Å². The van der Waals surface area contributed by atoms with E-state index in [1.807, 2.05) is 24.1 Å². The van der Waals surface area contributed by atoms with Crippen molar-refractivity contribution in [3.05, 3.63) is 29.8 Å². The van der Waals surface area contributed by atoms with Gasteiger partial charge in [-0.3, -0.25) is 4.79 Å². The number of anilines is 1. The van der Waals surface area contributed by atoms with Gasteiger partial charge in [0.25, 0.3) is 0 Å². The summed E-state index contributed by atoms with van der Waals surface area (Å²) in [6.45, 7) is 3.20. The average Bonchev–Trinajstić information content (AvgIpc) is 2.92. The van der Waals surface area contributed by atoms with Crippen LogP contribution in [0.4, 0.5) is 5.69 Å². The summed E-state index contributed by atoms with van der Waals surface area (Å²) in [5, 5.41) is 3.36. The topological polar surface area (TPSA) is 35.6 Å². The number of fused-ring (bicyclic) bond motifs is 1. The second-order valence-corrected chi connectivity index (χ2v) is 6.52. The van der Waals surface area contributed by atoms with Crippen LogP contribution in [0.15, 0.2) is 24.3 Å². The lowest BCUT2D eigenvalue weighted by Crippen LogP contribution is -2.43. The van der Waals surface area contributed by atoms with Crippen LogP contribution in [0.3, 0.4) is 0 Å². The number of hydrogen-bond acceptors (Lipinski definition) is 3. The summed E-state index contributed by atoms with van der Waals surface area (Å²) in [6, 6.07) is 8.13. The number of carbonyl (C=O) groups excluding carboxylic acids is 1. The van der Waals surface area contributed by atoms with Gasteiger partial charge in [-0.05, 0) is 50.5 Å². The van der Waals surface area contributed by atoms with E-state index in [4.69, 9.17) is 0 Å². The van der Waals surface area contributed by atoms with E-state index in [1.165, 1.54) is 18.4 Å². The SMILES string of the molecule is CN1CCC(CN(C)C(=O)[C@@H]2Cc3ccccc3N2)CC1. The molecule has 4 nitrogen and oxygen atoms in total. The van der Waals surface area contributed by atoms with Crippen LogP contribution in [-0.4, -0.2) is 55.5 Å². The number of amides is 1. The van der Waals surface area contributed by atoms with Crippen LogP contribution >= 0.6 is 0 Å². The van der Waals surface area contributed by atoms with Crippen LogP contribution in [0, 0.1) is 5.92 Å². The molecule has 21 heavy (non-hydrogen) atoms. The summed E-state index contributed by atoms with van der Waals surface area (Å²) in [5.74, 6) is 0.879. The van der Waals surface area contributed by atoms with Gasteiger partial charge < -0.3 is 15.1 Å². The van der Waals surface area contributed by atoms with Crippen LogP contribution in [0.1, 0.15) is 18.4 Å². The standard InChI is InChI=1S/C17H25N3O/c1-19-9-7-13(8-10-19)12-20(2)17(21)16-11-14-5-3-4-6-15(14)18-16/h3-6,13,16,18H,7-12H2,1-2H3/t16-/m0/s1. The quantitative estimate of drug-likeness (QED) is 0.921. The first-order chi connectivity index (χ1) is 10.1. The molecule has 0 unspecified atom stereocenters. The van der Waals surface area contributed by atoms with Gasteiger partial charge >= 0.3 is 0 Å². The molecule has 0 radical (unpaired) electrons. The number of para-hydroxylation sites is 1. The predicted octanol–water partition coefficient (Wildman–Crippen LogP) is 1.82. The zero-order valence-electron chi connectivity index (χ0n) is 13.0. The minimum atomic E-state index is -0.0846. The van der Waals surface area contributed by atoms with E-state index in [-0.39, 0.29) is 11.9 Å². The lowest BCUT2D eigenvalue weighted by atomic mass is 9.96. The number of piperidine rings is 1. The molecule has 1 N–H and O–H groups in total. The van der Waals surface area contributed by atoms with Crippen molar-refractivity contribution in [1.29, 1.82) is 0 Å². The molecule has 0 bridgehead atoms. The summed E-state index contributed by atoms with van der Waals surface area (Å²) in [4.78, 5) is 16.9. The number of rotatable bonds is 3. The first-order valence-corrected chi connectivity index (χ1v) is 7.91. The third-order valence-corrected chi connectivity index (χ3v) is 4.82. The Kier molecular flexibility index (Phi) is 4.15. The number of carbonyl (C=O) groups is 1. The van der Waals surface area contributed by atoms with Crippen LogP contribution in [0.2, 0.25) is 0 Å². The summed E-state index contributed by atoms with van der Waals surface area (Å²) in [5.41, 5.74) is 2.37. The number of nitrogens with one attached hydrogen (secondary N) is 1. The molecule has 1 saturated heterocycles. The van der Waals surface area contributed by atoms with Gasteiger partial charge in [-0.15, -0.1) is 0 Å². The minimum Gasteiger partial charge on any atom is -0.373 e. The third kappa shape index (κ3) is 3.21. The number of nitrogens with zero attached hydrogens (tertiary/aromatic N) is 2. The lowest BCUT2D eigenvalue weighted by molar-refractivity contribution is -0.131. The molecule has 1 atom stereocenters. The molecule has 2 aliphatic heterocycles. The summed E-state index contributed by atoms with van der Waals surface area (Å²) >= 11 is 0. The molecular formula is C17H25N3O. The van der Waals surface area contributed by atoms with E-state index in [9.17, 15) is 4.79 Å². The van der Waals surface area contributed by atoms with Crippen LogP contribution in [0.25, 0.3) is 0 Å². The largest absolute Gasteiger partial charge is 0.373 e. The van der Waals surface area contributed by atoms with Crippen molar-refractivity contribution >= 4 is 11.6 Å². The molecule has 0 saturated carbocycles. The van der Waals surface area contributed by atoms with Crippen LogP contribution < -0.4 is 5.32 Å². The Morgan fingerprint density at radius 2 is 2.05 bits per heavy atom. The first-order valence-electron chi connectivity index (χ1n) is 7.91. The molecule has 2 heterocycles. The van der Waals surface area contributed by atoms with E-state index in [0.29, 0.717) is 5.92 Å². The van der Waals surface area contributed by atoms with Crippen molar-refractivity contribution in [2.75, 3.05) is 39.0 Å². The van der Waals surface area contributed by atoms with Crippen molar-refractivity contribution in [1.82, 2.24) is 9.80 Å². The second kappa shape index (κ2) is 6.06. The van der Waals surface area contributed by atoms with Crippen LogP contribution in [0.5, 0.6) is 0 Å². The third-order valence-electron chi connectivity index (χ3n) is 4.82. The summed E-state index contributed by atoms with van der Waals surface area (Å²) in [7, 11) is 4.12. The first kappa shape index (κ1) is 14.4. The second-order valence-electron chi connectivity index (χ2n) is 6.52. The highest BCUT2D eigenvalue weighted by Gasteiger charge is 2.29. The normalized spacial score (nSPS) is 22.7. The number of hydrogen-bond donors (Lipinski definition) is 1. The molecule has 0 aromatic heterocycles. The Labute approximate surface area is 127 Å². The fourth-order valence-corrected chi connectivity index (χ4v) is 3.43. The van der Waals surface area contributed by atoms with Crippen LogP contribution in [-0.2, 0) is 11.2 Å². The highest BCUT2D eigenvalue weighted by atomic mass is 16.2. The highest BCUT2D eigenvalue weighted by Crippen LogP contribution is 2.26. The van der Waals surface area contributed by atoms with Gasteiger partial charge in [0.1, 0.15) is 6.04 Å². The Morgan fingerprint density at radius 3 is 2.76 bits per heavy atom. The average molecular weight is 287 g/mol. The fourth-order valence-electron chi connectivity index (χ4n) is 3.43. The molecule has 1 amide bonds. The van der Waals surface area contributed by atoms with E-state index < -0.39 is 0 Å². The van der Waals surface area contributed by atoms with Gasteiger partial charge in [0.2, 0.25) is 5.91 Å². The van der Waals surface area contributed by atoms with E-state index in [2.05, 4.69) is 29.4 Å². The monoisotopic (exact) mass is 287 g/mol. The maximum Gasteiger partial charge on any atom is 0.245 e. The molecule has 1 fully saturated rings. The molecule has 1 aromatic carbocycles. The van der Waals surface area contributed by atoms with Crippen molar-refractivity contribution in [3.8, 4) is 0 Å². The van der Waals surface area contributed by atoms with Gasteiger partial charge in [0.15, 0.2) is 0 Å². The van der Waals surface area contributed by atoms with E-state index >= 15 is 0 Å². The van der Waals surface area contributed by atoms with Gasteiger partial charge in [-0.25, -0.2) is 0 Å². The maximum absolute atomic E-state index is 12.6. The molecule has 114 valence electrons.